The monoisotopic (exact) mass is 397 g/mol. The van der Waals surface area contributed by atoms with Gasteiger partial charge in [-0.2, -0.15) is 4.98 Å². The highest BCUT2D eigenvalue weighted by Crippen LogP contribution is 2.16. The van der Waals surface area contributed by atoms with Crippen molar-refractivity contribution in [2.24, 2.45) is 0 Å². The lowest BCUT2D eigenvalue weighted by Gasteiger charge is -2.34. The number of furan rings is 1. The highest BCUT2D eigenvalue weighted by molar-refractivity contribution is 6.30. The van der Waals surface area contributed by atoms with E-state index < -0.39 is 0 Å². The second-order valence-electron chi connectivity index (χ2n) is 6.48. The first kappa shape index (κ1) is 18.3. The third-order valence-corrected chi connectivity index (χ3v) is 4.86. The highest BCUT2D eigenvalue weighted by atomic mass is 35.5. The Bertz CT molecular complexity index is 922. The number of nitrogens with one attached hydrogen (secondary N) is 1. The first-order chi connectivity index (χ1) is 13.7. The molecule has 1 aromatic carbocycles. The summed E-state index contributed by atoms with van der Waals surface area (Å²) in [6.45, 7) is 3.20. The summed E-state index contributed by atoms with van der Waals surface area (Å²) < 4.78 is 5.20. The maximum atomic E-state index is 12.4. The molecule has 1 amide bonds. The second kappa shape index (κ2) is 8.31. The van der Waals surface area contributed by atoms with E-state index in [2.05, 4.69) is 20.2 Å². The summed E-state index contributed by atoms with van der Waals surface area (Å²) in [7, 11) is 0. The van der Waals surface area contributed by atoms with Gasteiger partial charge in [0, 0.05) is 43.9 Å². The van der Waals surface area contributed by atoms with Gasteiger partial charge in [0.15, 0.2) is 5.76 Å². The predicted molar refractivity (Wildman–Crippen MR) is 108 cm³/mol. The van der Waals surface area contributed by atoms with Crippen molar-refractivity contribution in [1.29, 1.82) is 0 Å². The third-order valence-electron chi connectivity index (χ3n) is 4.61. The first-order valence-corrected chi connectivity index (χ1v) is 9.46. The van der Waals surface area contributed by atoms with Crippen molar-refractivity contribution in [2.75, 3.05) is 36.4 Å². The van der Waals surface area contributed by atoms with E-state index in [0.717, 1.165) is 16.4 Å². The Morgan fingerprint density at radius 1 is 1.11 bits per heavy atom. The number of hydrogen-bond donors (Lipinski definition) is 1. The van der Waals surface area contributed by atoms with E-state index in [4.69, 9.17) is 16.0 Å². The van der Waals surface area contributed by atoms with Crippen LogP contribution in [-0.4, -0.2) is 47.0 Å². The van der Waals surface area contributed by atoms with Crippen LogP contribution in [0.1, 0.15) is 16.1 Å². The van der Waals surface area contributed by atoms with Crippen LogP contribution in [0.25, 0.3) is 0 Å². The highest BCUT2D eigenvalue weighted by Gasteiger charge is 2.24. The van der Waals surface area contributed by atoms with Crippen LogP contribution < -0.4 is 10.2 Å². The van der Waals surface area contributed by atoms with Gasteiger partial charge in [0.05, 0.1) is 6.26 Å². The number of benzene rings is 1. The molecule has 0 spiro atoms. The number of aromatic nitrogens is 2. The molecule has 0 radical (unpaired) electrons. The Morgan fingerprint density at radius 3 is 2.61 bits per heavy atom. The molecular weight excluding hydrogens is 378 g/mol. The zero-order valence-electron chi connectivity index (χ0n) is 15.2. The molecule has 1 fully saturated rings. The molecule has 1 saturated heterocycles. The number of nitrogens with zero attached hydrogens (tertiary/aromatic N) is 4. The van der Waals surface area contributed by atoms with Crippen molar-refractivity contribution < 1.29 is 9.21 Å². The Morgan fingerprint density at radius 2 is 1.89 bits per heavy atom. The summed E-state index contributed by atoms with van der Waals surface area (Å²) in [6.07, 6.45) is 3.26. The van der Waals surface area contributed by atoms with Crippen LogP contribution in [0.15, 0.2) is 59.3 Å². The molecule has 28 heavy (non-hydrogen) atoms. The summed E-state index contributed by atoms with van der Waals surface area (Å²) in [5.41, 5.74) is 1.12. The molecule has 3 heterocycles. The Kier molecular flexibility index (Phi) is 5.43. The summed E-state index contributed by atoms with van der Waals surface area (Å²) in [4.78, 5) is 25.2. The quantitative estimate of drug-likeness (QED) is 0.712. The third kappa shape index (κ3) is 4.26. The number of rotatable bonds is 5. The minimum absolute atomic E-state index is 0.0797. The number of anilines is 2. The van der Waals surface area contributed by atoms with E-state index >= 15 is 0 Å². The Balaban J connectivity index is 1.34. The Labute approximate surface area is 167 Å². The van der Waals surface area contributed by atoms with Gasteiger partial charge in [-0.3, -0.25) is 4.79 Å². The second-order valence-corrected chi connectivity index (χ2v) is 6.91. The zero-order chi connectivity index (χ0) is 19.3. The van der Waals surface area contributed by atoms with Gasteiger partial charge in [0.1, 0.15) is 5.82 Å². The summed E-state index contributed by atoms with van der Waals surface area (Å²) in [5.74, 6) is 1.71. The molecule has 0 bridgehead atoms. The van der Waals surface area contributed by atoms with Crippen LogP contribution >= 0.6 is 11.6 Å². The molecular formula is C20H20ClN5O2. The SMILES string of the molecule is O=C(c1ccco1)N1CCN(c2nccc(NCc3ccc(Cl)cc3)n2)CC1. The van der Waals surface area contributed by atoms with E-state index in [1.807, 2.05) is 30.3 Å². The average Bonchev–Trinajstić information content (AvgIpc) is 3.28. The fraction of sp³-hybridized carbons (Fsp3) is 0.250. The van der Waals surface area contributed by atoms with Crippen molar-refractivity contribution in [3.63, 3.8) is 0 Å². The van der Waals surface area contributed by atoms with Crippen molar-refractivity contribution in [3.8, 4) is 0 Å². The average molecular weight is 398 g/mol. The van der Waals surface area contributed by atoms with E-state index in [0.29, 0.717) is 44.4 Å². The van der Waals surface area contributed by atoms with Gasteiger partial charge < -0.3 is 19.5 Å². The van der Waals surface area contributed by atoms with Gasteiger partial charge in [-0.15, -0.1) is 0 Å². The molecule has 1 aliphatic rings. The fourth-order valence-electron chi connectivity index (χ4n) is 3.06. The lowest BCUT2D eigenvalue weighted by molar-refractivity contribution is 0.0714. The van der Waals surface area contributed by atoms with Crippen LogP contribution in [-0.2, 0) is 6.54 Å². The van der Waals surface area contributed by atoms with Crippen molar-refractivity contribution in [1.82, 2.24) is 14.9 Å². The van der Waals surface area contributed by atoms with E-state index in [1.165, 1.54) is 6.26 Å². The molecule has 144 valence electrons. The van der Waals surface area contributed by atoms with Gasteiger partial charge in [0.25, 0.3) is 5.91 Å². The largest absolute Gasteiger partial charge is 0.459 e. The number of hydrogen-bond acceptors (Lipinski definition) is 6. The lowest BCUT2D eigenvalue weighted by Crippen LogP contribution is -2.49. The van der Waals surface area contributed by atoms with Crippen LogP contribution in [0.2, 0.25) is 5.02 Å². The number of piperazine rings is 1. The lowest BCUT2D eigenvalue weighted by atomic mass is 10.2. The van der Waals surface area contributed by atoms with E-state index in [-0.39, 0.29) is 5.91 Å². The topological polar surface area (TPSA) is 74.5 Å². The molecule has 0 aliphatic carbocycles. The predicted octanol–water partition coefficient (Wildman–Crippen LogP) is 3.30. The fourth-order valence-corrected chi connectivity index (χ4v) is 3.19. The van der Waals surface area contributed by atoms with Crippen LogP contribution in [0.4, 0.5) is 11.8 Å². The number of carbonyl (C=O) groups excluding carboxylic acids is 1. The van der Waals surface area contributed by atoms with Gasteiger partial charge in [-0.05, 0) is 35.9 Å². The maximum absolute atomic E-state index is 12.4. The van der Waals surface area contributed by atoms with Crippen molar-refractivity contribution >= 4 is 29.3 Å². The summed E-state index contributed by atoms with van der Waals surface area (Å²) in [5, 5.41) is 4.03. The minimum atomic E-state index is -0.0797. The molecule has 0 saturated carbocycles. The van der Waals surface area contributed by atoms with Crippen molar-refractivity contribution in [2.45, 2.75) is 6.54 Å². The van der Waals surface area contributed by atoms with Gasteiger partial charge in [0.2, 0.25) is 5.95 Å². The Hall–Kier alpha value is -3.06. The molecule has 7 nitrogen and oxygen atoms in total. The molecule has 2 aromatic heterocycles. The smallest absolute Gasteiger partial charge is 0.289 e. The first-order valence-electron chi connectivity index (χ1n) is 9.08. The summed E-state index contributed by atoms with van der Waals surface area (Å²) >= 11 is 5.92. The molecule has 3 aromatic rings. The molecule has 0 unspecified atom stereocenters. The van der Waals surface area contributed by atoms with Gasteiger partial charge in [-0.25, -0.2) is 4.98 Å². The van der Waals surface area contributed by atoms with E-state index in [1.54, 1.807) is 23.2 Å². The zero-order valence-corrected chi connectivity index (χ0v) is 16.0. The number of carbonyl (C=O) groups is 1. The minimum Gasteiger partial charge on any atom is -0.459 e. The van der Waals surface area contributed by atoms with Gasteiger partial charge in [-0.1, -0.05) is 23.7 Å². The maximum Gasteiger partial charge on any atom is 0.289 e. The molecule has 0 atom stereocenters. The molecule has 1 N–H and O–H groups in total. The molecule has 8 heteroatoms. The van der Waals surface area contributed by atoms with Crippen molar-refractivity contribution in [3.05, 3.63) is 71.3 Å². The molecule has 1 aliphatic heterocycles. The van der Waals surface area contributed by atoms with Crippen LogP contribution in [0.3, 0.4) is 0 Å². The molecule has 4 rings (SSSR count). The number of amides is 1. The van der Waals surface area contributed by atoms with E-state index in [9.17, 15) is 4.79 Å². The van der Waals surface area contributed by atoms with Crippen LogP contribution in [0, 0.1) is 0 Å². The normalized spacial score (nSPS) is 14.2. The standard InChI is InChI=1S/C20H20ClN5O2/c21-16-5-3-15(4-6-16)14-23-18-7-8-22-20(24-18)26-11-9-25(10-12-26)19(27)17-2-1-13-28-17/h1-8,13H,9-12,14H2,(H,22,23,24). The summed E-state index contributed by atoms with van der Waals surface area (Å²) in [6, 6.07) is 12.9. The van der Waals surface area contributed by atoms with Crippen LogP contribution in [0.5, 0.6) is 0 Å². The number of halogens is 1. The van der Waals surface area contributed by atoms with Gasteiger partial charge >= 0.3 is 0 Å².